The molecule has 1 aromatic heterocycles. The second-order valence-electron chi connectivity index (χ2n) is 5.04. The van der Waals surface area contributed by atoms with E-state index in [0.717, 1.165) is 11.3 Å². The van der Waals surface area contributed by atoms with Crippen molar-refractivity contribution in [3.8, 4) is 11.3 Å². The molecule has 0 amide bonds. The molecule has 4 atom stereocenters. The summed E-state index contributed by atoms with van der Waals surface area (Å²) in [7, 11) is -2.69. The van der Waals surface area contributed by atoms with Gasteiger partial charge in [-0.3, -0.25) is 0 Å². The van der Waals surface area contributed by atoms with Gasteiger partial charge in [0, 0.05) is 22.7 Å². The molecular formula is C14H16N2O5P+. The summed E-state index contributed by atoms with van der Waals surface area (Å²) in [4.78, 5) is 13.0. The van der Waals surface area contributed by atoms with E-state index in [2.05, 4.69) is 9.51 Å². The lowest BCUT2D eigenvalue weighted by molar-refractivity contribution is -0.0396. The highest BCUT2D eigenvalue weighted by Crippen LogP contribution is 2.31. The zero-order valence-electron chi connectivity index (χ0n) is 11.6. The Labute approximate surface area is 128 Å². The standard InChI is InChI=1S/C14H15N2O5P/c17-12-6-14(21-13(12)8-20-22(18)19)16-7-11(15-9-16)10-4-2-1-3-5-10/h1-5,7,9,12-14,17H,6,8H2/p+1/t12-,13+,14?/m0/s1. The monoisotopic (exact) mass is 323 g/mol. The van der Waals surface area contributed by atoms with Crippen LogP contribution >= 0.6 is 8.25 Å². The van der Waals surface area contributed by atoms with Crippen molar-refractivity contribution in [2.75, 3.05) is 6.61 Å². The molecule has 2 unspecified atom stereocenters. The zero-order valence-corrected chi connectivity index (χ0v) is 12.5. The van der Waals surface area contributed by atoms with Crippen LogP contribution in [0, 0.1) is 0 Å². The lowest BCUT2D eigenvalue weighted by atomic mass is 10.2. The summed E-state index contributed by atoms with van der Waals surface area (Å²) in [5, 5.41) is 9.94. The van der Waals surface area contributed by atoms with Gasteiger partial charge in [-0.1, -0.05) is 30.3 Å². The topological polar surface area (TPSA) is 93.8 Å². The molecule has 2 N–H and O–H groups in total. The number of aromatic nitrogens is 2. The number of aliphatic hydroxyl groups excluding tert-OH is 1. The molecule has 3 rings (SSSR count). The van der Waals surface area contributed by atoms with Crippen molar-refractivity contribution in [2.24, 2.45) is 0 Å². The first-order valence-electron chi connectivity index (χ1n) is 6.85. The highest BCUT2D eigenvalue weighted by atomic mass is 31.1. The van der Waals surface area contributed by atoms with E-state index in [-0.39, 0.29) is 12.8 Å². The second-order valence-corrected chi connectivity index (χ2v) is 5.77. The van der Waals surface area contributed by atoms with Crippen LogP contribution in [0.3, 0.4) is 0 Å². The van der Waals surface area contributed by atoms with E-state index in [1.165, 1.54) is 0 Å². The molecule has 2 aromatic rings. The molecule has 0 saturated carbocycles. The van der Waals surface area contributed by atoms with Crippen molar-refractivity contribution in [1.29, 1.82) is 0 Å². The van der Waals surface area contributed by atoms with Gasteiger partial charge in [-0.25, -0.2) is 4.98 Å². The largest absolute Gasteiger partial charge is 0.694 e. The molecule has 1 aliphatic heterocycles. The van der Waals surface area contributed by atoms with Crippen molar-refractivity contribution in [3.05, 3.63) is 42.9 Å². The molecule has 1 aliphatic rings. The number of benzene rings is 1. The Morgan fingerprint density at radius 3 is 2.91 bits per heavy atom. The maximum Gasteiger partial charge on any atom is 0.694 e. The maximum atomic E-state index is 10.5. The van der Waals surface area contributed by atoms with Gasteiger partial charge in [0.25, 0.3) is 0 Å². The summed E-state index contributed by atoms with van der Waals surface area (Å²) in [6, 6.07) is 9.74. The van der Waals surface area contributed by atoms with Crippen molar-refractivity contribution < 1.29 is 23.8 Å². The number of imidazole rings is 1. The van der Waals surface area contributed by atoms with Crippen LogP contribution in [0.15, 0.2) is 42.9 Å². The molecule has 22 heavy (non-hydrogen) atoms. The highest BCUT2D eigenvalue weighted by molar-refractivity contribution is 7.32. The van der Waals surface area contributed by atoms with Crippen LogP contribution in [0.25, 0.3) is 11.3 Å². The molecule has 0 radical (unpaired) electrons. The van der Waals surface area contributed by atoms with Crippen LogP contribution in [0.4, 0.5) is 0 Å². The van der Waals surface area contributed by atoms with Gasteiger partial charge >= 0.3 is 8.25 Å². The molecule has 1 saturated heterocycles. The van der Waals surface area contributed by atoms with Crippen LogP contribution in [-0.4, -0.2) is 38.4 Å². The normalized spacial score (nSPS) is 25.4. The molecule has 2 heterocycles. The zero-order chi connectivity index (χ0) is 15.5. The molecule has 8 heteroatoms. The van der Waals surface area contributed by atoms with Gasteiger partial charge in [-0.2, -0.15) is 0 Å². The van der Waals surface area contributed by atoms with E-state index < -0.39 is 20.5 Å². The molecule has 0 aliphatic carbocycles. The van der Waals surface area contributed by atoms with Gasteiger partial charge < -0.3 is 14.4 Å². The Balaban J connectivity index is 1.68. The number of hydrogen-bond donors (Lipinski definition) is 2. The lowest BCUT2D eigenvalue weighted by Gasteiger charge is -2.12. The van der Waals surface area contributed by atoms with Crippen LogP contribution in [0.2, 0.25) is 0 Å². The molecule has 1 fully saturated rings. The highest BCUT2D eigenvalue weighted by Gasteiger charge is 2.37. The maximum absolute atomic E-state index is 10.5. The van der Waals surface area contributed by atoms with E-state index in [4.69, 9.17) is 9.63 Å². The Morgan fingerprint density at radius 1 is 1.41 bits per heavy atom. The van der Waals surface area contributed by atoms with Crippen molar-refractivity contribution >= 4 is 8.25 Å². The minimum Gasteiger partial charge on any atom is -0.390 e. The number of rotatable bonds is 5. The summed E-state index contributed by atoms with van der Waals surface area (Å²) in [6.45, 7) is -0.121. The summed E-state index contributed by atoms with van der Waals surface area (Å²) < 4.78 is 22.6. The fourth-order valence-corrected chi connectivity index (χ4v) is 2.71. The average Bonchev–Trinajstić information content (AvgIpc) is 3.13. The van der Waals surface area contributed by atoms with Crippen LogP contribution < -0.4 is 0 Å². The average molecular weight is 323 g/mol. The minimum atomic E-state index is -2.69. The quantitative estimate of drug-likeness (QED) is 0.816. The van der Waals surface area contributed by atoms with Crippen molar-refractivity contribution in [2.45, 2.75) is 24.9 Å². The van der Waals surface area contributed by atoms with Crippen LogP contribution in [0.5, 0.6) is 0 Å². The van der Waals surface area contributed by atoms with E-state index in [9.17, 15) is 9.67 Å². The predicted molar refractivity (Wildman–Crippen MR) is 78.0 cm³/mol. The number of ether oxygens (including phenoxy) is 1. The van der Waals surface area contributed by atoms with Gasteiger partial charge in [-0.05, 0) is 0 Å². The van der Waals surface area contributed by atoms with Gasteiger partial charge in [0.2, 0.25) is 0 Å². The number of hydrogen-bond acceptors (Lipinski definition) is 5. The van der Waals surface area contributed by atoms with E-state index in [1.54, 1.807) is 10.9 Å². The first-order valence-corrected chi connectivity index (χ1v) is 7.98. The van der Waals surface area contributed by atoms with Crippen LogP contribution in [0.1, 0.15) is 12.6 Å². The Kier molecular flexibility index (Phi) is 4.61. The Hall–Kier alpha value is -1.63. The first-order chi connectivity index (χ1) is 10.6. The second kappa shape index (κ2) is 6.64. The van der Waals surface area contributed by atoms with E-state index >= 15 is 0 Å². The van der Waals surface area contributed by atoms with Crippen molar-refractivity contribution in [1.82, 2.24) is 9.55 Å². The van der Waals surface area contributed by atoms with Gasteiger partial charge in [0.05, 0.1) is 18.1 Å². The van der Waals surface area contributed by atoms with Gasteiger partial charge in [-0.15, -0.1) is 9.42 Å². The number of nitrogens with zero attached hydrogens (tertiary/aromatic N) is 2. The van der Waals surface area contributed by atoms with Gasteiger partial charge in [0.15, 0.2) is 0 Å². The molecule has 1 aromatic carbocycles. The molecule has 0 bridgehead atoms. The lowest BCUT2D eigenvalue weighted by Crippen LogP contribution is -2.25. The SMILES string of the molecule is O=[P+](O)OC[C@H]1OC(n2cnc(-c3ccccc3)c2)C[C@@H]1O. The summed E-state index contributed by atoms with van der Waals surface area (Å²) in [5.74, 6) is 0. The summed E-state index contributed by atoms with van der Waals surface area (Å²) in [6.07, 6.45) is 2.13. The van der Waals surface area contributed by atoms with Crippen LogP contribution in [-0.2, 0) is 13.8 Å². The van der Waals surface area contributed by atoms with Crippen molar-refractivity contribution in [3.63, 3.8) is 0 Å². The first kappa shape index (κ1) is 15.3. The third-order valence-corrected chi connectivity index (χ3v) is 3.93. The molecule has 0 spiro atoms. The minimum absolute atomic E-state index is 0.121. The fourth-order valence-electron chi connectivity index (χ4n) is 2.44. The third-order valence-electron chi connectivity index (χ3n) is 3.56. The summed E-state index contributed by atoms with van der Waals surface area (Å²) >= 11 is 0. The predicted octanol–water partition coefficient (Wildman–Crippen LogP) is 1.86. The third kappa shape index (κ3) is 3.40. The van der Waals surface area contributed by atoms with E-state index in [0.29, 0.717) is 6.42 Å². The smallest absolute Gasteiger partial charge is 0.390 e. The Morgan fingerprint density at radius 2 is 2.18 bits per heavy atom. The fraction of sp³-hybridized carbons (Fsp3) is 0.357. The number of aliphatic hydroxyl groups is 1. The molecule has 7 nitrogen and oxygen atoms in total. The Bertz CT molecular complexity index is 648. The van der Waals surface area contributed by atoms with Gasteiger partial charge in [0.1, 0.15) is 18.9 Å². The molecular weight excluding hydrogens is 307 g/mol. The molecule has 116 valence electrons. The van der Waals surface area contributed by atoms with E-state index in [1.807, 2.05) is 36.5 Å². The summed E-state index contributed by atoms with van der Waals surface area (Å²) in [5.41, 5.74) is 1.81.